The van der Waals surface area contributed by atoms with Gasteiger partial charge < -0.3 is 9.47 Å². The summed E-state index contributed by atoms with van der Waals surface area (Å²) in [5.41, 5.74) is 3.54. The molecule has 2 heterocycles. The number of rotatable bonds is 3. The second-order valence-electron chi connectivity index (χ2n) is 5.44. The molecule has 2 aromatic carbocycles. The molecular weight excluding hydrogens is 300 g/mol. The van der Waals surface area contributed by atoms with Gasteiger partial charge in [-0.1, -0.05) is 12.1 Å². The van der Waals surface area contributed by atoms with Crippen LogP contribution in [0.25, 0.3) is 32.9 Å². The van der Waals surface area contributed by atoms with Crippen molar-refractivity contribution in [1.82, 2.24) is 9.97 Å². The SMILES string of the molecule is COc1ccc2cccnc2c1-c1c(OC)ccc2cccnc12. The van der Waals surface area contributed by atoms with Crippen molar-refractivity contribution in [1.29, 1.82) is 0 Å². The first kappa shape index (κ1) is 14.5. The topological polar surface area (TPSA) is 44.2 Å². The number of aromatic nitrogens is 2. The van der Waals surface area contributed by atoms with E-state index in [0.717, 1.165) is 44.4 Å². The molecule has 0 fully saturated rings. The minimum atomic E-state index is 0.748. The van der Waals surface area contributed by atoms with Crippen LogP contribution in [0.1, 0.15) is 0 Å². The Kier molecular flexibility index (Phi) is 3.50. The third-order valence-corrected chi connectivity index (χ3v) is 4.16. The number of hydrogen-bond acceptors (Lipinski definition) is 4. The summed E-state index contributed by atoms with van der Waals surface area (Å²) in [5.74, 6) is 1.50. The zero-order valence-corrected chi connectivity index (χ0v) is 13.5. The molecule has 0 aliphatic rings. The Morgan fingerprint density at radius 1 is 0.625 bits per heavy atom. The molecule has 0 aliphatic heterocycles. The van der Waals surface area contributed by atoms with Gasteiger partial charge in [0.05, 0.1) is 36.4 Å². The Morgan fingerprint density at radius 2 is 1.08 bits per heavy atom. The number of nitrogens with zero attached hydrogens (tertiary/aromatic N) is 2. The number of methoxy groups -OCH3 is 2. The minimum Gasteiger partial charge on any atom is -0.496 e. The highest BCUT2D eigenvalue weighted by Crippen LogP contribution is 2.43. The van der Waals surface area contributed by atoms with Crippen molar-refractivity contribution in [2.45, 2.75) is 0 Å². The normalized spacial score (nSPS) is 10.9. The summed E-state index contributed by atoms with van der Waals surface area (Å²) in [6.07, 6.45) is 3.58. The molecule has 2 aromatic heterocycles. The van der Waals surface area contributed by atoms with Crippen LogP contribution in [-0.4, -0.2) is 24.2 Å². The summed E-state index contributed by atoms with van der Waals surface area (Å²) < 4.78 is 11.3. The first-order valence-electron chi connectivity index (χ1n) is 7.67. The van der Waals surface area contributed by atoms with E-state index < -0.39 is 0 Å². The zero-order valence-electron chi connectivity index (χ0n) is 13.5. The maximum Gasteiger partial charge on any atom is 0.129 e. The summed E-state index contributed by atoms with van der Waals surface area (Å²) in [7, 11) is 3.33. The van der Waals surface area contributed by atoms with Crippen molar-refractivity contribution in [2.24, 2.45) is 0 Å². The Morgan fingerprint density at radius 3 is 1.50 bits per heavy atom. The van der Waals surface area contributed by atoms with Gasteiger partial charge in [-0.25, -0.2) is 0 Å². The monoisotopic (exact) mass is 316 g/mol. The highest BCUT2D eigenvalue weighted by atomic mass is 16.5. The maximum atomic E-state index is 5.63. The number of hydrogen-bond donors (Lipinski definition) is 0. The maximum absolute atomic E-state index is 5.63. The molecule has 0 saturated heterocycles. The average Bonchev–Trinajstić information content (AvgIpc) is 2.66. The van der Waals surface area contributed by atoms with E-state index in [9.17, 15) is 0 Å². The van der Waals surface area contributed by atoms with E-state index in [2.05, 4.69) is 9.97 Å². The Bertz CT molecular complexity index is 959. The lowest BCUT2D eigenvalue weighted by atomic mass is 9.97. The van der Waals surface area contributed by atoms with Gasteiger partial charge in [-0.15, -0.1) is 0 Å². The third kappa shape index (κ3) is 2.15. The molecule has 4 heteroatoms. The average molecular weight is 316 g/mol. The van der Waals surface area contributed by atoms with Crippen molar-refractivity contribution >= 4 is 21.8 Å². The molecule has 4 nitrogen and oxygen atoms in total. The van der Waals surface area contributed by atoms with Crippen molar-refractivity contribution in [3.05, 3.63) is 60.9 Å². The van der Waals surface area contributed by atoms with E-state index >= 15 is 0 Å². The first-order chi connectivity index (χ1) is 11.8. The Hall–Kier alpha value is -3.14. The van der Waals surface area contributed by atoms with Gasteiger partial charge >= 0.3 is 0 Å². The van der Waals surface area contributed by atoms with Gasteiger partial charge in [0.2, 0.25) is 0 Å². The van der Waals surface area contributed by atoms with E-state index in [1.165, 1.54) is 0 Å². The Labute approximate surface area is 139 Å². The Balaban J connectivity index is 2.21. The molecule has 0 bridgehead atoms. The van der Waals surface area contributed by atoms with Crippen molar-refractivity contribution in [3.8, 4) is 22.6 Å². The second kappa shape index (κ2) is 5.81. The van der Waals surface area contributed by atoms with Gasteiger partial charge in [-0.3, -0.25) is 9.97 Å². The van der Waals surface area contributed by atoms with Crippen LogP contribution in [0.15, 0.2) is 60.9 Å². The van der Waals surface area contributed by atoms with Crippen LogP contribution in [0.5, 0.6) is 11.5 Å². The summed E-state index contributed by atoms with van der Waals surface area (Å²) in [4.78, 5) is 9.17. The third-order valence-electron chi connectivity index (χ3n) is 4.16. The molecule has 0 atom stereocenters. The molecule has 4 aromatic rings. The van der Waals surface area contributed by atoms with Gasteiger partial charge in [-0.2, -0.15) is 0 Å². The zero-order chi connectivity index (χ0) is 16.5. The largest absolute Gasteiger partial charge is 0.496 e. The molecular formula is C20H16N2O2. The van der Waals surface area contributed by atoms with Gasteiger partial charge in [0.1, 0.15) is 11.5 Å². The molecule has 0 aliphatic carbocycles. The molecule has 118 valence electrons. The lowest BCUT2D eigenvalue weighted by Gasteiger charge is -2.16. The van der Waals surface area contributed by atoms with Gasteiger partial charge in [0.25, 0.3) is 0 Å². The number of fused-ring (bicyclic) bond motifs is 2. The van der Waals surface area contributed by atoms with Gasteiger partial charge in [0, 0.05) is 23.2 Å². The molecule has 24 heavy (non-hydrogen) atoms. The van der Waals surface area contributed by atoms with Crippen LogP contribution in [0, 0.1) is 0 Å². The quantitative estimate of drug-likeness (QED) is 0.559. The predicted octanol–water partition coefficient (Wildman–Crippen LogP) is 4.47. The van der Waals surface area contributed by atoms with Crippen LogP contribution in [0.2, 0.25) is 0 Å². The summed E-state index contributed by atoms with van der Waals surface area (Å²) in [6.45, 7) is 0. The van der Waals surface area contributed by atoms with Crippen LogP contribution in [0.4, 0.5) is 0 Å². The van der Waals surface area contributed by atoms with E-state index in [4.69, 9.17) is 9.47 Å². The van der Waals surface area contributed by atoms with Crippen molar-refractivity contribution in [3.63, 3.8) is 0 Å². The molecule has 0 amide bonds. The highest BCUT2D eigenvalue weighted by Gasteiger charge is 2.19. The molecule has 0 N–H and O–H groups in total. The lowest BCUT2D eigenvalue weighted by Crippen LogP contribution is -1.96. The number of benzene rings is 2. The number of pyridine rings is 2. The minimum absolute atomic E-state index is 0.748. The fraction of sp³-hybridized carbons (Fsp3) is 0.100. The fourth-order valence-electron chi connectivity index (χ4n) is 3.08. The van der Waals surface area contributed by atoms with Gasteiger partial charge in [0.15, 0.2) is 0 Å². The molecule has 0 unspecified atom stereocenters. The summed E-state index contributed by atoms with van der Waals surface area (Å²) >= 11 is 0. The molecule has 0 saturated carbocycles. The van der Waals surface area contributed by atoms with Crippen LogP contribution >= 0.6 is 0 Å². The van der Waals surface area contributed by atoms with E-state index in [0.29, 0.717) is 0 Å². The number of ether oxygens (including phenoxy) is 2. The second-order valence-corrected chi connectivity index (χ2v) is 5.44. The van der Waals surface area contributed by atoms with E-state index in [-0.39, 0.29) is 0 Å². The molecule has 0 radical (unpaired) electrons. The molecule has 0 spiro atoms. The lowest BCUT2D eigenvalue weighted by molar-refractivity contribution is 0.411. The van der Waals surface area contributed by atoms with Crippen LogP contribution in [-0.2, 0) is 0 Å². The van der Waals surface area contributed by atoms with Crippen molar-refractivity contribution in [2.75, 3.05) is 14.2 Å². The van der Waals surface area contributed by atoms with Crippen LogP contribution in [0.3, 0.4) is 0 Å². The smallest absolute Gasteiger partial charge is 0.129 e. The van der Waals surface area contributed by atoms with Gasteiger partial charge in [-0.05, 0) is 36.4 Å². The fourth-order valence-corrected chi connectivity index (χ4v) is 3.08. The highest BCUT2D eigenvalue weighted by molar-refractivity contribution is 6.06. The standard InChI is InChI=1S/C20H16N2O2/c1-23-15-9-7-13-5-3-11-21-19(13)17(15)18-16(24-2)10-8-14-6-4-12-22-20(14)18/h3-12H,1-2H3. The van der Waals surface area contributed by atoms with E-state index in [1.54, 1.807) is 26.6 Å². The van der Waals surface area contributed by atoms with Crippen LogP contribution < -0.4 is 9.47 Å². The summed E-state index contributed by atoms with van der Waals surface area (Å²) in [5, 5.41) is 2.09. The first-order valence-corrected chi connectivity index (χ1v) is 7.67. The predicted molar refractivity (Wildman–Crippen MR) is 95.6 cm³/mol. The molecule has 4 rings (SSSR count). The van der Waals surface area contributed by atoms with E-state index in [1.807, 2.05) is 48.5 Å². The summed E-state index contributed by atoms with van der Waals surface area (Å²) in [6, 6.07) is 15.9. The van der Waals surface area contributed by atoms with Crippen molar-refractivity contribution < 1.29 is 9.47 Å².